The van der Waals surface area contributed by atoms with E-state index in [0.29, 0.717) is 5.92 Å². The molecule has 2 N–H and O–H groups in total. The second-order valence-electron chi connectivity index (χ2n) is 7.55. The van der Waals surface area contributed by atoms with Crippen LogP contribution in [0.2, 0.25) is 0 Å². The van der Waals surface area contributed by atoms with E-state index >= 15 is 0 Å². The van der Waals surface area contributed by atoms with Gasteiger partial charge in [-0.3, -0.25) is 9.69 Å². The van der Waals surface area contributed by atoms with E-state index in [0.717, 1.165) is 52.4 Å². The van der Waals surface area contributed by atoms with Crippen LogP contribution in [0.4, 0.5) is 0 Å². The lowest BCUT2D eigenvalue weighted by Gasteiger charge is -2.39. The van der Waals surface area contributed by atoms with Crippen LogP contribution in [0.15, 0.2) is 0 Å². The van der Waals surface area contributed by atoms with Gasteiger partial charge in [0.2, 0.25) is 5.91 Å². The van der Waals surface area contributed by atoms with Gasteiger partial charge in [-0.05, 0) is 24.2 Å². The predicted octanol–water partition coefficient (Wildman–Crippen LogP) is 0.931. The first-order valence-corrected chi connectivity index (χ1v) is 8.22. The van der Waals surface area contributed by atoms with E-state index in [1.807, 2.05) is 25.7 Å². The van der Waals surface area contributed by atoms with Gasteiger partial charge in [-0.2, -0.15) is 0 Å². The number of nitrogens with two attached hydrogens (primary N) is 1. The molecule has 2 heterocycles. The van der Waals surface area contributed by atoms with Crippen LogP contribution in [-0.4, -0.2) is 67.7 Å². The minimum atomic E-state index is -0.403. The van der Waals surface area contributed by atoms with Crippen molar-refractivity contribution in [3.63, 3.8) is 0 Å². The summed E-state index contributed by atoms with van der Waals surface area (Å²) in [4.78, 5) is 17.0. The Morgan fingerprint density at radius 3 is 2.57 bits per heavy atom. The third kappa shape index (κ3) is 4.66. The second kappa shape index (κ2) is 7.07. The molecule has 21 heavy (non-hydrogen) atoms. The first-order valence-electron chi connectivity index (χ1n) is 8.22. The molecule has 2 atom stereocenters. The molecule has 5 nitrogen and oxygen atoms in total. The maximum Gasteiger partial charge on any atom is 0.240 e. The number of likely N-dealkylation sites (tertiary alicyclic amines) is 1. The van der Waals surface area contributed by atoms with E-state index in [2.05, 4.69) is 4.90 Å². The fraction of sp³-hybridized carbons (Fsp3) is 0.938. The number of hydrogen-bond acceptors (Lipinski definition) is 4. The molecule has 0 aromatic heterocycles. The quantitative estimate of drug-likeness (QED) is 0.842. The highest BCUT2D eigenvalue weighted by molar-refractivity contribution is 5.82. The Kier molecular flexibility index (Phi) is 5.63. The van der Waals surface area contributed by atoms with E-state index < -0.39 is 6.04 Å². The zero-order chi connectivity index (χ0) is 15.5. The number of carbonyl (C=O) groups is 1. The summed E-state index contributed by atoms with van der Waals surface area (Å²) in [6.45, 7) is 12.6. The molecule has 2 saturated heterocycles. The van der Waals surface area contributed by atoms with Crippen molar-refractivity contribution in [2.75, 3.05) is 45.9 Å². The topological polar surface area (TPSA) is 58.8 Å². The number of rotatable bonds is 3. The molecule has 2 aliphatic rings. The minimum absolute atomic E-state index is 0.120. The maximum atomic E-state index is 12.5. The highest BCUT2D eigenvalue weighted by Crippen LogP contribution is 2.23. The van der Waals surface area contributed by atoms with Gasteiger partial charge in [-0.1, -0.05) is 20.8 Å². The standard InChI is InChI=1S/C16H31N3O2/c1-16(2,3)14(17)15(20)19-6-4-5-13(12-19)11-18-7-9-21-10-8-18/h13-14H,4-12,17H2,1-3H3/t13?,14-/m1/s1. The third-order valence-electron chi connectivity index (χ3n) is 4.65. The normalized spacial score (nSPS) is 26.7. The van der Waals surface area contributed by atoms with Crippen LogP contribution in [0.5, 0.6) is 0 Å². The molecule has 2 rings (SSSR count). The fourth-order valence-corrected chi connectivity index (χ4v) is 3.13. The van der Waals surface area contributed by atoms with E-state index in [4.69, 9.17) is 10.5 Å². The summed E-state index contributed by atoms with van der Waals surface area (Å²) in [6.07, 6.45) is 2.31. The van der Waals surface area contributed by atoms with Crippen molar-refractivity contribution in [2.45, 2.75) is 39.7 Å². The van der Waals surface area contributed by atoms with E-state index in [1.165, 1.54) is 6.42 Å². The summed E-state index contributed by atoms with van der Waals surface area (Å²) in [6, 6.07) is -0.403. The van der Waals surface area contributed by atoms with Crippen molar-refractivity contribution in [3.8, 4) is 0 Å². The van der Waals surface area contributed by atoms with Crippen LogP contribution in [-0.2, 0) is 9.53 Å². The molecule has 5 heteroatoms. The Balaban J connectivity index is 1.86. The van der Waals surface area contributed by atoms with Crippen LogP contribution < -0.4 is 5.73 Å². The molecule has 0 bridgehead atoms. The second-order valence-corrected chi connectivity index (χ2v) is 7.55. The molecule has 122 valence electrons. The Morgan fingerprint density at radius 1 is 1.29 bits per heavy atom. The summed E-state index contributed by atoms with van der Waals surface area (Å²) in [7, 11) is 0. The fourth-order valence-electron chi connectivity index (χ4n) is 3.13. The molecular weight excluding hydrogens is 266 g/mol. The molecule has 0 radical (unpaired) electrons. The highest BCUT2D eigenvalue weighted by Gasteiger charge is 2.33. The van der Waals surface area contributed by atoms with Gasteiger partial charge in [0.05, 0.1) is 19.3 Å². The number of morpholine rings is 1. The average Bonchev–Trinajstić information content (AvgIpc) is 2.46. The first-order chi connectivity index (χ1) is 9.88. The number of piperidine rings is 1. The van der Waals surface area contributed by atoms with Crippen LogP contribution in [0.1, 0.15) is 33.6 Å². The Hall–Kier alpha value is -0.650. The van der Waals surface area contributed by atoms with E-state index in [-0.39, 0.29) is 11.3 Å². The molecule has 0 aromatic carbocycles. The molecule has 1 unspecified atom stereocenters. The average molecular weight is 297 g/mol. The lowest BCUT2D eigenvalue weighted by Crippen LogP contribution is -2.54. The van der Waals surface area contributed by atoms with Crippen LogP contribution in [0.25, 0.3) is 0 Å². The van der Waals surface area contributed by atoms with Gasteiger partial charge in [0.25, 0.3) is 0 Å². The van der Waals surface area contributed by atoms with Gasteiger partial charge in [0.15, 0.2) is 0 Å². The molecule has 1 amide bonds. The molecule has 0 aliphatic carbocycles. The van der Waals surface area contributed by atoms with Gasteiger partial charge in [0, 0.05) is 32.7 Å². The summed E-state index contributed by atoms with van der Waals surface area (Å²) >= 11 is 0. The summed E-state index contributed by atoms with van der Waals surface area (Å²) in [5, 5.41) is 0. The summed E-state index contributed by atoms with van der Waals surface area (Å²) < 4.78 is 5.39. The van der Waals surface area contributed by atoms with Crippen LogP contribution in [0.3, 0.4) is 0 Å². The number of amides is 1. The smallest absolute Gasteiger partial charge is 0.240 e. The molecule has 0 spiro atoms. The third-order valence-corrected chi connectivity index (χ3v) is 4.65. The Morgan fingerprint density at radius 2 is 1.95 bits per heavy atom. The molecule has 0 saturated carbocycles. The zero-order valence-corrected chi connectivity index (χ0v) is 13.8. The predicted molar refractivity (Wildman–Crippen MR) is 84.0 cm³/mol. The highest BCUT2D eigenvalue weighted by atomic mass is 16.5. The van der Waals surface area contributed by atoms with Gasteiger partial charge >= 0.3 is 0 Å². The maximum absolute atomic E-state index is 12.5. The van der Waals surface area contributed by atoms with Crippen molar-refractivity contribution in [1.82, 2.24) is 9.80 Å². The van der Waals surface area contributed by atoms with Crippen molar-refractivity contribution < 1.29 is 9.53 Å². The number of nitrogens with zero attached hydrogens (tertiary/aromatic N) is 2. The monoisotopic (exact) mass is 297 g/mol. The lowest BCUT2D eigenvalue weighted by atomic mass is 9.85. The van der Waals surface area contributed by atoms with E-state index in [1.54, 1.807) is 0 Å². The van der Waals surface area contributed by atoms with Crippen molar-refractivity contribution >= 4 is 5.91 Å². The van der Waals surface area contributed by atoms with Crippen LogP contribution in [0, 0.1) is 11.3 Å². The Labute approximate surface area is 128 Å². The first kappa shape index (κ1) is 16.7. The lowest BCUT2D eigenvalue weighted by molar-refractivity contribution is -0.137. The SMILES string of the molecule is CC(C)(C)[C@H](N)C(=O)N1CCCC(CN2CCOCC2)C1. The largest absolute Gasteiger partial charge is 0.379 e. The van der Waals surface area contributed by atoms with Crippen LogP contribution >= 0.6 is 0 Å². The van der Waals surface area contributed by atoms with Crippen molar-refractivity contribution in [2.24, 2.45) is 17.1 Å². The Bertz CT molecular complexity index is 348. The van der Waals surface area contributed by atoms with E-state index in [9.17, 15) is 4.79 Å². The number of ether oxygens (including phenoxy) is 1. The van der Waals surface area contributed by atoms with Gasteiger partial charge in [0.1, 0.15) is 0 Å². The van der Waals surface area contributed by atoms with Crippen molar-refractivity contribution in [1.29, 1.82) is 0 Å². The van der Waals surface area contributed by atoms with Gasteiger partial charge in [-0.15, -0.1) is 0 Å². The molecule has 2 fully saturated rings. The summed E-state index contributed by atoms with van der Waals surface area (Å²) in [5.41, 5.74) is 5.96. The molecule has 0 aromatic rings. The van der Waals surface area contributed by atoms with Gasteiger partial charge in [-0.25, -0.2) is 0 Å². The molecular formula is C16H31N3O2. The minimum Gasteiger partial charge on any atom is -0.379 e. The summed E-state index contributed by atoms with van der Waals surface area (Å²) in [5.74, 6) is 0.696. The van der Waals surface area contributed by atoms with Gasteiger partial charge < -0.3 is 15.4 Å². The zero-order valence-electron chi connectivity index (χ0n) is 13.8. The molecule has 2 aliphatic heterocycles. The van der Waals surface area contributed by atoms with Crippen molar-refractivity contribution in [3.05, 3.63) is 0 Å². The number of carbonyl (C=O) groups excluding carboxylic acids is 1. The number of hydrogen-bond donors (Lipinski definition) is 1.